The Balaban J connectivity index is 1.02. The maximum atomic E-state index is 14.2. The Morgan fingerprint density at radius 3 is 1.81 bits per heavy atom. The molecule has 1 radical (unpaired) electrons. The van der Waals surface area contributed by atoms with Gasteiger partial charge in [0.25, 0.3) is 0 Å². The Morgan fingerprint density at radius 2 is 1.26 bits per heavy atom. The molecule has 0 saturated carbocycles. The first-order valence-electron chi connectivity index (χ1n) is 19.0. The van der Waals surface area contributed by atoms with E-state index in [0.717, 1.165) is 97.2 Å². The summed E-state index contributed by atoms with van der Waals surface area (Å²) in [6.07, 6.45) is 10.9. The average Bonchev–Trinajstić information content (AvgIpc) is 4.03. The summed E-state index contributed by atoms with van der Waals surface area (Å²) in [6, 6.07) is 17.7. The maximum absolute atomic E-state index is 14.2. The summed E-state index contributed by atoms with van der Waals surface area (Å²) in [4.78, 5) is 59.2. The van der Waals surface area contributed by atoms with Gasteiger partial charge in [0.1, 0.15) is 17.7 Å². The van der Waals surface area contributed by atoms with E-state index in [9.17, 15) is 9.59 Å². The van der Waals surface area contributed by atoms with Crippen molar-refractivity contribution in [3.8, 4) is 33.9 Å². The molecule has 0 unspecified atom stereocenters. The van der Waals surface area contributed by atoms with Gasteiger partial charge in [-0.2, -0.15) is 0 Å². The molecule has 2 N–H and O–H groups in total. The molecule has 2 saturated heterocycles. The van der Waals surface area contributed by atoms with Crippen LogP contribution in [-0.4, -0.2) is 82.6 Å². The first-order chi connectivity index (χ1) is 25.8. The van der Waals surface area contributed by atoms with Crippen LogP contribution in [0, 0.1) is 18.8 Å². The van der Waals surface area contributed by atoms with E-state index in [0.29, 0.717) is 5.82 Å². The molecular weight excluding hydrogens is 663 g/mol. The quantitative estimate of drug-likeness (QED) is 0.138. The van der Waals surface area contributed by atoms with Crippen LogP contribution in [0.15, 0.2) is 79.4 Å². The number of amides is 2. The zero-order valence-corrected chi connectivity index (χ0v) is 31.2. The number of imidazole rings is 2. The first kappa shape index (κ1) is 36.2. The van der Waals surface area contributed by atoms with Crippen molar-refractivity contribution in [1.29, 1.82) is 0 Å². The van der Waals surface area contributed by atoms with Gasteiger partial charge in [-0.25, -0.2) is 19.9 Å². The third-order valence-electron chi connectivity index (χ3n) is 11.0. The van der Waals surface area contributed by atoms with E-state index in [1.54, 1.807) is 18.6 Å². The number of benzene rings is 2. The largest absolute Gasteiger partial charge is 0.340 e. The SMILES string of the molecule is [CH2][C@H](C(=O)N1CCC[C@H]1c1ncc(-c2cnc(-c3ccc(-c4cnc([C@@H]5CCCN5C(=O)[C@@H](c5ccccc5)N(CC)CC)[nH]4)cc3)nc2)[nH]1)C(C)C. The molecule has 11 nitrogen and oxygen atoms in total. The lowest BCUT2D eigenvalue weighted by atomic mass is 9.96. The van der Waals surface area contributed by atoms with Gasteiger partial charge in [-0.1, -0.05) is 82.3 Å². The van der Waals surface area contributed by atoms with E-state index in [1.807, 2.05) is 72.3 Å². The van der Waals surface area contributed by atoms with Crippen LogP contribution in [-0.2, 0) is 9.59 Å². The van der Waals surface area contributed by atoms with Gasteiger partial charge in [0.2, 0.25) is 11.8 Å². The fourth-order valence-electron chi connectivity index (χ4n) is 7.74. The number of carbonyl (C=O) groups is 2. The van der Waals surface area contributed by atoms with E-state index >= 15 is 0 Å². The summed E-state index contributed by atoms with van der Waals surface area (Å²) in [7, 11) is 0. The number of likely N-dealkylation sites (N-methyl/N-ethyl adjacent to an activating group) is 1. The molecule has 0 aliphatic carbocycles. The van der Waals surface area contributed by atoms with Crippen LogP contribution >= 0.6 is 0 Å². The van der Waals surface area contributed by atoms with Gasteiger partial charge in [0, 0.05) is 42.5 Å². The van der Waals surface area contributed by atoms with Crippen molar-refractivity contribution in [1.82, 2.24) is 44.6 Å². The van der Waals surface area contributed by atoms with Crippen LogP contribution in [0.2, 0.25) is 0 Å². The molecule has 7 rings (SSSR count). The van der Waals surface area contributed by atoms with Gasteiger partial charge >= 0.3 is 0 Å². The van der Waals surface area contributed by atoms with Gasteiger partial charge in [0.15, 0.2) is 5.82 Å². The first-order valence-corrected chi connectivity index (χ1v) is 19.0. The highest BCUT2D eigenvalue weighted by molar-refractivity contribution is 5.84. The van der Waals surface area contributed by atoms with Crippen LogP contribution in [0.25, 0.3) is 33.9 Å². The monoisotopic (exact) mass is 712 g/mol. The molecule has 2 fully saturated rings. The number of nitrogens with one attached hydrogen (secondary N) is 2. The van der Waals surface area contributed by atoms with E-state index in [2.05, 4.69) is 62.7 Å². The maximum Gasteiger partial charge on any atom is 0.245 e. The van der Waals surface area contributed by atoms with E-state index in [4.69, 9.17) is 4.98 Å². The molecule has 3 aromatic heterocycles. The van der Waals surface area contributed by atoms with Gasteiger partial charge in [-0.15, -0.1) is 0 Å². The van der Waals surface area contributed by atoms with Crippen molar-refractivity contribution in [3.05, 3.63) is 104 Å². The molecule has 11 heteroatoms. The Bertz CT molecular complexity index is 1980. The van der Waals surface area contributed by atoms with Gasteiger partial charge in [-0.3, -0.25) is 14.5 Å². The highest BCUT2D eigenvalue weighted by atomic mass is 16.2. The van der Waals surface area contributed by atoms with Crippen molar-refractivity contribution in [3.63, 3.8) is 0 Å². The molecule has 0 bridgehead atoms. The van der Waals surface area contributed by atoms with Crippen LogP contribution in [0.1, 0.15) is 88.7 Å². The van der Waals surface area contributed by atoms with Gasteiger partial charge in [-0.05, 0) is 62.7 Å². The molecule has 5 aromatic rings. The van der Waals surface area contributed by atoms with E-state index in [-0.39, 0.29) is 41.8 Å². The summed E-state index contributed by atoms with van der Waals surface area (Å²) in [5, 5.41) is 0. The van der Waals surface area contributed by atoms with Crippen molar-refractivity contribution in [2.24, 2.45) is 11.8 Å². The number of carbonyl (C=O) groups excluding carboxylic acids is 2. The molecule has 4 atom stereocenters. The predicted octanol–water partition coefficient (Wildman–Crippen LogP) is 7.44. The molecule has 53 heavy (non-hydrogen) atoms. The fourth-order valence-corrected chi connectivity index (χ4v) is 7.74. The summed E-state index contributed by atoms with van der Waals surface area (Å²) in [5.41, 5.74) is 5.46. The lowest BCUT2D eigenvalue weighted by Crippen LogP contribution is -2.43. The minimum atomic E-state index is -0.321. The van der Waals surface area contributed by atoms with Crippen molar-refractivity contribution >= 4 is 11.8 Å². The van der Waals surface area contributed by atoms with Crippen LogP contribution in [0.4, 0.5) is 0 Å². The number of aromatic nitrogens is 6. The number of nitrogens with zero attached hydrogens (tertiary/aromatic N) is 7. The van der Waals surface area contributed by atoms with Crippen LogP contribution in [0.5, 0.6) is 0 Å². The van der Waals surface area contributed by atoms with Crippen LogP contribution in [0.3, 0.4) is 0 Å². The second-order valence-corrected chi connectivity index (χ2v) is 14.5. The third-order valence-corrected chi connectivity index (χ3v) is 11.0. The Kier molecular flexibility index (Phi) is 10.8. The molecule has 2 aromatic carbocycles. The fraction of sp³-hybridized carbons (Fsp3) is 0.405. The number of aromatic amines is 2. The van der Waals surface area contributed by atoms with Gasteiger partial charge < -0.3 is 19.8 Å². The average molecular weight is 713 g/mol. The number of rotatable bonds is 12. The Morgan fingerprint density at radius 1 is 0.736 bits per heavy atom. The second kappa shape index (κ2) is 15.8. The van der Waals surface area contributed by atoms with E-state index in [1.165, 1.54) is 0 Å². The smallest absolute Gasteiger partial charge is 0.245 e. The number of H-pyrrole nitrogens is 2. The lowest BCUT2D eigenvalue weighted by Gasteiger charge is -2.34. The summed E-state index contributed by atoms with van der Waals surface area (Å²) in [6.45, 7) is 15.4. The van der Waals surface area contributed by atoms with Gasteiger partial charge in [0.05, 0.1) is 35.9 Å². The zero-order valence-electron chi connectivity index (χ0n) is 31.2. The zero-order chi connectivity index (χ0) is 37.1. The Hall–Kier alpha value is -5.16. The topological polar surface area (TPSA) is 127 Å². The summed E-state index contributed by atoms with van der Waals surface area (Å²) in [5.74, 6) is 2.35. The van der Waals surface area contributed by atoms with Crippen molar-refractivity contribution in [2.45, 2.75) is 71.5 Å². The van der Waals surface area contributed by atoms with Crippen LogP contribution < -0.4 is 0 Å². The van der Waals surface area contributed by atoms with Crippen molar-refractivity contribution < 1.29 is 9.59 Å². The highest BCUT2D eigenvalue weighted by Gasteiger charge is 2.38. The minimum absolute atomic E-state index is 0.0759. The molecular formula is C42H50N9O2. The molecule has 2 aliphatic heterocycles. The molecule has 0 spiro atoms. The van der Waals surface area contributed by atoms with Crippen molar-refractivity contribution in [2.75, 3.05) is 26.2 Å². The number of hydrogen-bond acceptors (Lipinski definition) is 7. The summed E-state index contributed by atoms with van der Waals surface area (Å²) < 4.78 is 0. The number of likely N-dealkylation sites (tertiary alicyclic amines) is 2. The third kappa shape index (κ3) is 7.40. The predicted molar refractivity (Wildman–Crippen MR) is 206 cm³/mol. The highest BCUT2D eigenvalue weighted by Crippen LogP contribution is 2.36. The molecule has 2 aliphatic rings. The molecule has 2 amide bonds. The molecule has 275 valence electrons. The van der Waals surface area contributed by atoms with E-state index < -0.39 is 0 Å². The second-order valence-electron chi connectivity index (χ2n) is 14.5. The summed E-state index contributed by atoms with van der Waals surface area (Å²) >= 11 is 0. The molecule has 5 heterocycles. The number of hydrogen-bond donors (Lipinski definition) is 2. The standard InChI is InChI=1S/C42H50N9O2/c1-6-49(7-2)37(30-13-9-8-10-14-30)42(53)51-22-12-16-36(51)40-45-25-33(47-40)29-17-19-31(20-18-29)38-43-23-32(24-44-38)34-26-46-39(48-34)35-15-11-21-50(35)41(52)28(5)27(3)4/h8-10,13-14,17-20,23-28,35-37H,5-7,11-12,15-16,21-22H2,1-4H3,(H,45,47)(H,46,48)/t28-,35-,36-,37+/m0/s1. The Labute approximate surface area is 312 Å². The normalized spacial score (nSPS) is 18.6. The lowest BCUT2D eigenvalue weighted by molar-refractivity contribution is -0.138. The minimum Gasteiger partial charge on any atom is -0.340 e.